The van der Waals surface area contributed by atoms with E-state index < -0.39 is 6.10 Å². The second-order valence-corrected chi connectivity index (χ2v) is 6.98. The topological polar surface area (TPSA) is 59.1 Å². The predicted molar refractivity (Wildman–Crippen MR) is 101 cm³/mol. The Balaban J connectivity index is 1.48. The molecule has 2 amide bonds. The highest BCUT2D eigenvalue weighted by atomic mass is 16.6. The van der Waals surface area contributed by atoms with Gasteiger partial charge in [0.2, 0.25) is 12.0 Å². The van der Waals surface area contributed by atoms with Gasteiger partial charge in [-0.15, -0.1) is 0 Å². The first-order valence-electron chi connectivity index (χ1n) is 9.09. The van der Waals surface area contributed by atoms with Crippen LogP contribution in [0.2, 0.25) is 0 Å². The lowest BCUT2D eigenvalue weighted by molar-refractivity contribution is -0.145. The maximum atomic E-state index is 12.9. The van der Waals surface area contributed by atoms with Crippen LogP contribution in [0.5, 0.6) is 11.5 Å². The van der Waals surface area contributed by atoms with Crippen LogP contribution in [-0.4, -0.2) is 48.6 Å². The fourth-order valence-corrected chi connectivity index (χ4v) is 3.67. The number of hydrogen-bond donors (Lipinski definition) is 0. The van der Waals surface area contributed by atoms with Crippen LogP contribution >= 0.6 is 0 Å². The Morgan fingerprint density at radius 2 is 1.78 bits per heavy atom. The molecular formula is C21H22N2O4. The standard InChI is InChI=1S/C21H22N2O4/c1-14-7-3-4-8-16(14)23-15(2)11-22(12-20(23)24)21(25)19-13-26-17-9-5-6-10-18(17)27-19/h3-10,15,19H,11-13H2,1-2H3/t15-,19-/m1/s1. The molecule has 0 unspecified atom stereocenters. The SMILES string of the molecule is Cc1ccccc1N1C(=O)CN(C(=O)[C@H]2COc3ccccc3O2)C[C@H]1C. The van der Waals surface area contributed by atoms with E-state index in [4.69, 9.17) is 9.47 Å². The number of amides is 2. The summed E-state index contributed by atoms with van der Waals surface area (Å²) in [5.41, 5.74) is 1.94. The lowest BCUT2D eigenvalue weighted by atomic mass is 10.1. The van der Waals surface area contributed by atoms with E-state index in [0.29, 0.717) is 18.0 Å². The Kier molecular flexibility index (Phi) is 4.48. The molecule has 0 radical (unpaired) electrons. The lowest BCUT2D eigenvalue weighted by Gasteiger charge is -2.41. The highest BCUT2D eigenvalue weighted by molar-refractivity contribution is 5.99. The molecule has 0 aliphatic carbocycles. The highest BCUT2D eigenvalue weighted by Gasteiger charge is 2.38. The smallest absolute Gasteiger partial charge is 0.267 e. The van der Waals surface area contributed by atoms with Gasteiger partial charge in [-0.3, -0.25) is 9.59 Å². The van der Waals surface area contributed by atoms with Crippen molar-refractivity contribution in [2.75, 3.05) is 24.6 Å². The van der Waals surface area contributed by atoms with E-state index in [1.54, 1.807) is 15.9 Å². The summed E-state index contributed by atoms with van der Waals surface area (Å²) in [6.07, 6.45) is -0.732. The summed E-state index contributed by atoms with van der Waals surface area (Å²) in [6, 6.07) is 15.0. The fourth-order valence-electron chi connectivity index (χ4n) is 3.67. The average Bonchev–Trinajstić information content (AvgIpc) is 2.68. The zero-order chi connectivity index (χ0) is 19.0. The zero-order valence-corrected chi connectivity index (χ0v) is 15.4. The van der Waals surface area contributed by atoms with Gasteiger partial charge in [-0.2, -0.15) is 0 Å². The maximum absolute atomic E-state index is 12.9. The molecule has 140 valence electrons. The summed E-state index contributed by atoms with van der Waals surface area (Å²) in [6.45, 7) is 4.59. The molecule has 0 spiro atoms. The Labute approximate surface area is 158 Å². The minimum absolute atomic E-state index is 0.0407. The van der Waals surface area contributed by atoms with Crippen LogP contribution < -0.4 is 14.4 Å². The van der Waals surface area contributed by atoms with Crippen LogP contribution in [0.1, 0.15) is 12.5 Å². The molecule has 2 aromatic carbocycles. The second-order valence-electron chi connectivity index (χ2n) is 6.98. The Morgan fingerprint density at radius 3 is 2.52 bits per heavy atom. The molecule has 2 aliphatic rings. The first-order chi connectivity index (χ1) is 13.0. The van der Waals surface area contributed by atoms with Gasteiger partial charge < -0.3 is 19.3 Å². The van der Waals surface area contributed by atoms with Crippen molar-refractivity contribution in [3.05, 3.63) is 54.1 Å². The van der Waals surface area contributed by atoms with E-state index in [9.17, 15) is 9.59 Å². The van der Waals surface area contributed by atoms with Crippen molar-refractivity contribution >= 4 is 17.5 Å². The summed E-state index contributed by atoms with van der Waals surface area (Å²) in [7, 11) is 0. The van der Waals surface area contributed by atoms with Crippen molar-refractivity contribution in [2.24, 2.45) is 0 Å². The summed E-state index contributed by atoms with van der Waals surface area (Å²) in [5, 5.41) is 0. The third kappa shape index (κ3) is 3.23. The van der Waals surface area contributed by atoms with Crippen LogP contribution in [0.3, 0.4) is 0 Å². The number of rotatable bonds is 2. The summed E-state index contributed by atoms with van der Waals surface area (Å²) < 4.78 is 11.4. The normalized spacial score (nSPS) is 21.9. The minimum Gasteiger partial charge on any atom is -0.485 e. The third-order valence-corrected chi connectivity index (χ3v) is 4.99. The van der Waals surface area contributed by atoms with E-state index >= 15 is 0 Å². The molecule has 0 aromatic heterocycles. The van der Waals surface area contributed by atoms with Crippen molar-refractivity contribution in [1.29, 1.82) is 0 Å². The first-order valence-corrected chi connectivity index (χ1v) is 9.09. The number of benzene rings is 2. The van der Waals surface area contributed by atoms with Gasteiger partial charge in [0.25, 0.3) is 5.91 Å². The molecule has 27 heavy (non-hydrogen) atoms. The van der Waals surface area contributed by atoms with Gasteiger partial charge in [0, 0.05) is 12.2 Å². The number of hydrogen-bond acceptors (Lipinski definition) is 4. The predicted octanol–water partition coefficient (Wildman–Crippen LogP) is 2.40. The molecule has 2 heterocycles. The molecule has 0 bridgehead atoms. The number of para-hydroxylation sites is 3. The largest absolute Gasteiger partial charge is 0.485 e. The molecule has 0 saturated carbocycles. The van der Waals surface area contributed by atoms with Crippen molar-refractivity contribution in [1.82, 2.24) is 4.90 Å². The van der Waals surface area contributed by atoms with Crippen LogP contribution in [0.25, 0.3) is 0 Å². The zero-order valence-electron chi connectivity index (χ0n) is 15.4. The van der Waals surface area contributed by atoms with Crippen molar-refractivity contribution in [3.63, 3.8) is 0 Å². The summed E-state index contributed by atoms with van der Waals surface area (Å²) >= 11 is 0. The Morgan fingerprint density at radius 1 is 1.07 bits per heavy atom. The molecule has 1 fully saturated rings. The van der Waals surface area contributed by atoms with E-state index in [0.717, 1.165) is 11.3 Å². The molecule has 2 aliphatic heterocycles. The van der Waals surface area contributed by atoms with E-state index in [1.807, 2.05) is 56.3 Å². The molecule has 1 saturated heterocycles. The number of carbonyl (C=O) groups is 2. The molecule has 0 N–H and O–H groups in total. The second kappa shape index (κ2) is 6.95. The summed E-state index contributed by atoms with van der Waals surface area (Å²) in [4.78, 5) is 29.1. The monoisotopic (exact) mass is 366 g/mol. The Hall–Kier alpha value is -3.02. The van der Waals surface area contributed by atoms with E-state index in [2.05, 4.69) is 0 Å². The van der Waals surface area contributed by atoms with E-state index in [1.165, 1.54) is 0 Å². The van der Waals surface area contributed by atoms with E-state index in [-0.39, 0.29) is 31.0 Å². The van der Waals surface area contributed by atoms with Crippen molar-refractivity contribution in [3.8, 4) is 11.5 Å². The lowest BCUT2D eigenvalue weighted by Crippen LogP contribution is -2.60. The van der Waals surface area contributed by atoms with Gasteiger partial charge >= 0.3 is 0 Å². The number of aryl methyl sites for hydroxylation is 1. The minimum atomic E-state index is -0.732. The van der Waals surface area contributed by atoms with Crippen LogP contribution in [-0.2, 0) is 9.59 Å². The summed E-state index contributed by atoms with van der Waals surface area (Å²) in [5.74, 6) is 0.887. The van der Waals surface area contributed by atoms with Crippen LogP contribution in [0.4, 0.5) is 5.69 Å². The van der Waals surface area contributed by atoms with Crippen LogP contribution in [0, 0.1) is 6.92 Å². The third-order valence-electron chi connectivity index (χ3n) is 4.99. The van der Waals surface area contributed by atoms with Gasteiger partial charge in [0.15, 0.2) is 11.5 Å². The number of nitrogens with zero attached hydrogens (tertiary/aromatic N) is 2. The van der Waals surface area contributed by atoms with Crippen molar-refractivity contribution in [2.45, 2.75) is 26.0 Å². The van der Waals surface area contributed by atoms with Gasteiger partial charge in [0.05, 0.1) is 6.04 Å². The molecule has 6 heteroatoms. The van der Waals surface area contributed by atoms with Crippen molar-refractivity contribution < 1.29 is 19.1 Å². The molecule has 4 rings (SSSR count). The number of anilines is 1. The molecule has 2 atom stereocenters. The van der Waals surface area contributed by atoms with Gasteiger partial charge in [-0.25, -0.2) is 0 Å². The van der Waals surface area contributed by atoms with Gasteiger partial charge in [-0.1, -0.05) is 30.3 Å². The van der Waals surface area contributed by atoms with Crippen LogP contribution in [0.15, 0.2) is 48.5 Å². The number of ether oxygens (including phenoxy) is 2. The Bertz CT molecular complexity index is 882. The quantitative estimate of drug-likeness (QED) is 0.819. The number of piperazine rings is 1. The van der Waals surface area contributed by atoms with Gasteiger partial charge in [0.1, 0.15) is 13.2 Å². The maximum Gasteiger partial charge on any atom is 0.267 e. The molecular weight excluding hydrogens is 344 g/mol. The highest BCUT2D eigenvalue weighted by Crippen LogP contribution is 2.32. The average molecular weight is 366 g/mol. The van der Waals surface area contributed by atoms with Gasteiger partial charge in [-0.05, 0) is 37.6 Å². The number of fused-ring (bicyclic) bond motifs is 1. The molecule has 6 nitrogen and oxygen atoms in total. The first kappa shape index (κ1) is 17.4. The fraction of sp³-hybridized carbons (Fsp3) is 0.333. The number of carbonyl (C=O) groups excluding carboxylic acids is 2. The molecule has 2 aromatic rings.